The van der Waals surface area contributed by atoms with Gasteiger partial charge in [0.15, 0.2) is 6.10 Å². The van der Waals surface area contributed by atoms with E-state index in [1.165, 1.54) is 31.0 Å². The Hall–Kier alpha value is -3.59. The largest absolute Gasteiger partial charge is 0.481 e. The zero-order valence-electron chi connectivity index (χ0n) is 42.0. The third kappa shape index (κ3) is 43.7. The van der Waals surface area contributed by atoms with Gasteiger partial charge in [-0.05, 0) is 83.5 Å². The van der Waals surface area contributed by atoms with Crippen molar-refractivity contribution >= 4 is 37.5 Å². The van der Waals surface area contributed by atoms with E-state index in [0.29, 0.717) is 17.4 Å². The summed E-state index contributed by atoms with van der Waals surface area (Å²) in [6.07, 6.45) is 48.9. The van der Waals surface area contributed by atoms with Crippen LogP contribution in [0.5, 0.6) is 0 Å². The number of phosphoric acid groups is 1. The van der Waals surface area contributed by atoms with Crippen LogP contribution in [-0.4, -0.2) is 114 Å². The van der Waals surface area contributed by atoms with Crippen LogP contribution in [0.25, 0.3) is 0 Å². The minimum atomic E-state index is -4.53. The van der Waals surface area contributed by atoms with Crippen LogP contribution in [0.4, 0.5) is 0 Å². The first-order valence-corrected chi connectivity index (χ1v) is 27.1. The fourth-order valence-corrected chi connectivity index (χ4v) is 7.70. The molecule has 0 spiro atoms. The van der Waals surface area contributed by atoms with Crippen molar-refractivity contribution in [3.63, 3.8) is 0 Å². The van der Waals surface area contributed by atoms with Gasteiger partial charge in [0.25, 0.3) is 0 Å². The predicted molar refractivity (Wildman–Crippen MR) is 280 cm³/mol. The molecule has 0 saturated heterocycles. The minimum absolute atomic E-state index is 0.0462. The molecule has 0 aromatic heterocycles. The van der Waals surface area contributed by atoms with Gasteiger partial charge in [-0.1, -0.05) is 142 Å². The van der Waals surface area contributed by atoms with E-state index in [1.54, 1.807) is 12.2 Å². The number of nitrogens with two attached hydrogens (primary N) is 1. The third-order valence-electron chi connectivity index (χ3n) is 9.78. The number of nitrogens with zero attached hydrogens (tertiary/aromatic N) is 1. The summed E-state index contributed by atoms with van der Waals surface area (Å²) in [6, 6.07) is -1.14. The number of esters is 2. The van der Waals surface area contributed by atoms with Gasteiger partial charge in [0, 0.05) is 23.8 Å². The van der Waals surface area contributed by atoms with Crippen molar-refractivity contribution in [2.24, 2.45) is 5.73 Å². The summed E-state index contributed by atoms with van der Waals surface area (Å²) in [6.45, 7) is 3.63. The number of rotatable bonds is 43. The number of aliphatic carboxylic acids is 1. The molecule has 5 N–H and O–H groups in total. The van der Waals surface area contributed by atoms with Gasteiger partial charge in [-0.15, -0.1) is 11.8 Å². The molecule has 0 rings (SSSR count). The standard InChI is InChI=1S/C53H87N2O11PS/c1-6-8-10-12-14-16-18-20-21-22-23-24-25-26-28-30-32-34-36-41-52(59)66-47(45-65-67(61,62)64-43-42-55(3,4)5)44-63-53(60)48(54)46-68-50(49(56)38-37-40-51(57)58)39-35-33-31-29-27-19-17-15-13-11-9-7-2/h8,10,14-17,20-21,23-24,26-29,31,33,35,39,47-50,56H,6-7,9,11-13,18-19,22,25,30,32,34,36-38,40-46,54H2,1-5H3,(H-,57,58,61,62)/p+1/b10-8-,16-14-,17-15-,21-20-,24-23-,28-26-,29-27-,33-31+,39-35+/t47-,48+,49+,50-/m1/s1. The van der Waals surface area contributed by atoms with Crippen LogP contribution in [0.2, 0.25) is 0 Å². The lowest BCUT2D eigenvalue weighted by Gasteiger charge is -2.24. The molecule has 0 fully saturated rings. The monoisotopic (exact) mass is 992 g/mol. The van der Waals surface area contributed by atoms with E-state index in [2.05, 4.69) is 86.8 Å². The Kier molecular flexibility index (Phi) is 41.1. The Morgan fingerprint density at radius 3 is 1.85 bits per heavy atom. The summed E-state index contributed by atoms with van der Waals surface area (Å²) >= 11 is 1.22. The van der Waals surface area contributed by atoms with Gasteiger partial charge in [-0.3, -0.25) is 23.4 Å². The Labute approximate surface area is 414 Å². The number of ether oxygens (including phenoxy) is 2. The number of hydrogen-bond donors (Lipinski definition) is 4. The molecule has 13 nitrogen and oxygen atoms in total. The first-order chi connectivity index (χ1) is 32.6. The van der Waals surface area contributed by atoms with E-state index < -0.39 is 62.4 Å². The average molecular weight is 992 g/mol. The van der Waals surface area contributed by atoms with Crippen LogP contribution in [0.1, 0.15) is 129 Å². The molecule has 0 radical (unpaired) electrons. The topological polar surface area (TPSA) is 192 Å². The quantitative estimate of drug-likeness (QED) is 0.0113. The maximum atomic E-state index is 13.1. The van der Waals surface area contributed by atoms with E-state index in [1.807, 2.05) is 45.4 Å². The van der Waals surface area contributed by atoms with Crippen molar-refractivity contribution in [3.05, 3.63) is 109 Å². The lowest BCUT2D eigenvalue weighted by molar-refractivity contribution is -0.870. The number of carbonyl (C=O) groups excluding carboxylic acids is 2. The lowest BCUT2D eigenvalue weighted by Crippen LogP contribution is -2.39. The van der Waals surface area contributed by atoms with Crippen LogP contribution < -0.4 is 5.73 Å². The number of quaternary nitrogens is 1. The summed E-state index contributed by atoms with van der Waals surface area (Å²) in [4.78, 5) is 47.3. The molecule has 15 heteroatoms. The summed E-state index contributed by atoms with van der Waals surface area (Å²) in [5, 5.41) is 19.5. The van der Waals surface area contributed by atoms with Gasteiger partial charge >= 0.3 is 25.7 Å². The molecule has 5 atom stereocenters. The number of aliphatic hydroxyl groups excluding tert-OH is 1. The molecule has 0 aliphatic carbocycles. The molecule has 386 valence electrons. The summed E-state index contributed by atoms with van der Waals surface area (Å²) in [5.74, 6) is -2.30. The summed E-state index contributed by atoms with van der Waals surface area (Å²) in [7, 11) is 1.17. The Bertz CT molecular complexity index is 1650. The zero-order valence-corrected chi connectivity index (χ0v) is 43.7. The van der Waals surface area contributed by atoms with Gasteiger partial charge in [0.05, 0.1) is 33.9 Å². The lowest BCUT2D eigenvalue weighted by atomic mass is 10.1. The van der Waals surface area contributed by atoms with Crippen molar-refractivity contribution in [2.45, 2.75) is 153 Å². The van der Waals surface area contributed by atoms with Gasteiger partial charge in [-0.2, -0.15) is 0 Å². The maximum Gasteiger partial charge on any atom is 0.472 e. The molecule has 0 bridgehead atoms. The highest BCUT2D eigenvalue weighted by Gasteiger charge is 2.28. The molecule has 68 heavy (non-hydrogen) atoms. The third-order valence-corrected chi connectivity index (χ3v) is 12.2. The Morgan fingerprint density at radius 2 is 1.26 bits per heavy atom. The normalized spacial score (nSPS) is 15.6. The molecule has 0 aliphatic rings. The van der Waals surface area contributed by atoms with E-state index >= 15 is 0 Å². The van der Waals surface area contributed by atoms with Gasteiger partial charge in [0.2, 0.25) is 0 Å². The van der Waals surface area contributed by atoms with Crippen LogP contribution >= 0.6 is 19.6 Å². The molecule has 1 unspecified atom stereocenters. The van der Waals surface area contributed by atoms with Crippen molar-refractivity contribution in [3.8, 4) is 0 Å². The Balaban J connectivity index is 5.23. The predicted octanol–water partition coefficient (Wildman–Crippen LogP) is 11.2. The molecular weight excluding hydrogens is 904 g/mol. The van der Waals surface area contributed by atoms with Crippen molar-refractivity contribution < 1.29 is 57.1 Å². The molecule has 0 aromatic rings. The number of hydrogen-bond acceptors (Lipinski definition) is 11. The van der Waals surface area contributed by atoms with Gasteiger partial charge < -0.3 is 34.8 Å². The van der Waals surface area contributed by atoms with Crippen molar-refractivity contribution in [1.82, 2.24) is 0 Å². The van der Waals surface area contributed by atoms with Crippen LogP contribution in [0.15, 0.2) is 109 Å². The summed E-state index contributed by atoms with van der Waals surface area (Å²) in [5.41, 5.74) is 6.21. The van der Waals surface area contributed by atoms with Crippen molar-refractivity contribution in [1.29, 1.82) is 0 Å². The number of phosphoric ester groups is 1. The molecular formula is C53H88N2O11PS+. The maximum absolute atomic E-state index is 13.1. The number of carboxylic acids is 1. The SMILES string of the molecule is CC/C=C\C/C=C\C/C=C\C/C=C\C/C=C\CCCCCC(=O)O[C@H](COC(=O)[C@@H](N)CS[C@H](/C=C/C=C/C=C\C/C=C\CCCCC)[C@@H](O)CCCC(=O)O)COP(=O)(O)OCC[N+](C)(C)C. The number of aliphatic hydroxyl groups is 1. The van der Waals surface area contributed by atoms with Gasteiger partial charge in [0.1, 0.15) is 25.8 Å². The van der Waals surface area contributed by atoms with Crippen LogP contribution in [0, 0.1) is 0 Å². The summed E-state index contributed by atoms with van der Waals surface area (Å²) < 4.78 is 34.4. The van der Waals surface area contributed by atoms with Crippen LogP contribution in [-0.2, 0) is 37.5 Å². The second kappa shape index (κ2) is 43.4. The van der Waals surface area contributed by atoms with Gasteiger partial charge in [-0.25, -0.2) is 4.57 Å². The number of thioether (sulfide) groups is 1. The second-order valence-electron chi connectivity index (χ2n) is 17.3. The minimum Gasteiger partial charge on any atom is -0.481 e. The zero-order chi connectivity index (χ0) is 50.6. The molecule has 0 aliphatic heterocycles. The van der Waals surface area contributed by atoms with Crippen LogP contribution in [0.3, 0.4) is 0 Å². The molecule has 0 heterocycles. The highest BCUT2D eigenvalue weighted by atomic mass is 32.2. The molecule has 0 amide bonds. The average Bonchev–Trinajstić information content (AvgIpc) is 3.28. The number of allylic oxidation sites excluding steroid dienone is 17. The number of carbonyl (C=O) groups is 3. The van der Waals surface area contributed by atoms with E-state index in [0.717, 1.165) is 64.2 Å². The van der Waals surface area contributed by atoms with E-state index in [-0.39, 0.29) is 38.0 Å². The highest BCUT2D eigenvalue weighted by molar-refractivity contribution is 8.00. The molecule has 0 saturated carbocycles. The number of likely N-dealkylation sites (N-methyl/N-ethyl adjacent to an activating group) is 1. The molecule has 0 aromatic carbocycles. The number of unbranched alkanes of at least 4 members (excludes halogenated alkanes) is 6. The first-order valence-electron chi connectivity index (χ1n) is 24.6. The fourth-order valence-electron chi connectivity index (χ4n) is 5.83. The second-order valence-corrected chi connectivity index (χ2v) is 20.0. The van der Waals surface area contributed by atoms with Crippen molar-refractivity contribution in [2.75, 3.05) is 53.3 Å². The first kappa shape index (κ1) is 64.4. The Morgan fingerprint density at radius 1 is 0.691 bits per heavy atom. The van der Waals surface area contributed by atoms with E-state index in [9.17, 15) is 28.9 Å². The fraction of sp³-hybridized carbons (Fsp3) is 0.604. The smallest absolute Gasteiger partial charge is 0.472 e. The highest BCUT2D eigenvalue weighted by Crippen LogP contribution is 2.43. The number of carboxylic acid groups (broad SMARTS) is 1. The van der Waals surface area contributed by atoms with E-state index in [4.69, 9.17) is 29.4 Å².